The van der Waals surface area contributed by atoms with Gasteiger partial charge in [0.25, 0.3) is 0 Å². The molecule has 0 atom stereocenters. The van der Waals surface area contributed by atoms with Crippen LogP contribution in [0.5, 0.6) is 0 Å². The molecule has 0 aliphatic heterocycles. The van der Waals surface area contributed by atoms with Gasteiger partial charge in [-0.1, -0.05) is 0 Å². The number of hydrogen-bond donors (Lipinski definition) is 2. The van der Waals surface area contributed by atoms with Gasteiger partial charge in [-0.2, -0.15) is 0 Å². The Balaban J connectivity index is 0.00000144. The van der Waals surface area contributed by atoms with Gasteiger partial charge in [0, 0.05) is 12.8 Å². The number of carboxylic acid groups (broad SMARTS) is 1. The molecule has 0 aromatic rings. The molecule has 2 N–H and O–H groups in total. The van der Waals surface area contributed by atoms with Gasteiger partial charge in [-0.25, -0.2) is 8.42 Å². The van der Waals surface area contributed by atoms with Crippen LogP contribution in [0.4, 0.5) is 0 Å². The molecule has 13 heavy (non-hydrogen) atoms. The SMILES string of the molecule is O=C(O)C1CC(O)(S(=O)(=O)[O-])C1.[Na+]. The summed E-state index contributed by atoms with van der Waals surface area (Å²) in [5.41, 5.74) is 0. The zero-order valence-electron chi connectivity index (χ0n) is 6.93. The summed E-state index contributed by atoms with van der Waals surface area (Å²) < 4.78 is 30.9. The number of aliphatic carboxylic acids is 1. The topological polar surface area (TPSA) is 115 Å². The summed E-state index contributed by atoms with van der Waals surface area (Å²) in [6.07, 6.45) is -1.01. The Morgan fingerprint density at radius 2 is 1.85 bits per heavy atom. The maximum Gasteiger partial charge on any atom is 1.00 e. The van der Waals surface area contributed by atoms with Crippen molar-refractivity contribution >= 4 is 16.1 Å². The minimum Gasteiger partial charge on any atom is -0.746 e. The van der Waals surface area contributed by atoms with E-state index in [1.165, 1.54) is 0 Å². The van der Waals surface area contributed by atoms with Crippen LogP contribution in [-0.4, -0.2) is 34.1 Å². The molecule has 0 amide bonds. The molecule has 1 aliphatic carbocycles. The van der Waals surface area contributed by atoms with Crippen LogP contribution >= 0.6 is 0 Å². The number of rotatable bonds is 2. The van der Waals surface area contributed by atoms with Crippen molar-refractivity contribution in [1.29, 1.82) is 0 Å². The van der Waals surface area contributed by atoms with E-state index < -0.39 is 39.8 Å². The van der Waals surface area contributed by atoms with Crippen molar-refractivity contribution in [3.05, 3.63) is 0 Å². The molecule has 0 heterocycles. The van der Waals surface area contributed by atoms with Crippen LogP contribution in [0.15, 0.2) is 0 Å². The molecule has 0 radical (unpaired) electrons. The Bertz CT molecular complexity index is 303. The van der Waals surface area contributed by atoms with Gasteiger partial charge in [0.2, 0.25) is 0 Å². The van der Waals surface area contributed by atoms with Crippen LogP contribution < -0.4 is 29.6 Å². The van der Waals surface area contributed by atoms with Crippen molar-refractivity contribution in [2.75, 3.05) is 0 Å². The zero-order chi connectivity index (χ0) is 9.57. The number of aliphatic hydroxyl groups is 1. The van der Waals surface area contributed by atoms with Gasteiger partial charge in [0.15, 0.2) is 4.93 Å². The molecule has 0 saturated heterocycles. The van der Waals surface area contributed by atoms with Crippen molar-refractivity contribution in [3.63, 3.8) is 0 Å². The van der Waals surface area contributed by atoms with Crippen LogP contribution in [0.2, 0.25) is 0 Å². The Kier molecular flexibility index (Phi) is 3.94. The molecule has 0 spiro atoms. The second-order valence-electron chi connectivity index (χ2n) is 2.84. The Morgan fingerprint density at radius 3 is 2.08 bits per heavy atom. The van der Waals surface area contributed by atoms with Crippen LogP contribution in [-0.2, 0) is 14.9 Å². The van der Waals surface area contributed by atoms with Gasteiger partial charge >= 0.3 is 35.5 Å². The molecule has 70 valence electrons. The van der Waals surface area contributed by atoms with Gasteiger partial charge in [-0.15, -0.1) is 0 Å². The number of carboxylic acids is 1. The smallest absolute Gasteiger partial charge is 0.746 e. The van der Waals surface area contributed by atoms with E-state index in [1.807, 2.05) is 0 Å². The molecule has 6 nitrogen and oxygen atoms in total. The summed E-state index contributed by atoms with van der Waals surface area (Å²) in [6, 6.07) is 0. The molecule has 1 fully saturated rings. The predicted molar refractivity (Wildman–Crippen MR) is 35.0 cm³/mol. The first kappa shape index (κ1) is 13.3. The summed E-state index contributed by atoms with van der Waals surface area (Å²) >= 11 is 0. The molecule has 0 aromatic heterocycles. The Morgan fingerprint density at radius 1 is 1.46 bits per heavy atom. The molecule has 1 rings (SSSR count). The molecular weight excluding hydrogens is 211 g/mol. The minimum atomic E-state index is -4.79. The summed E-state index contributed by atoms with van der Waals surface area (Å²) in [7, 11) is -4.79. The summed E-state index contributed by atoms with van der Waals surface area (Å²) in [6.45, 7) is 0. The van der Waals surface area contributed by atoms with E-state index in [0.29, 0.717) is 0 Å². The second-order valence-corrected chi connectivity index (χ2v) is 4.51. The van der Waals surface area contributed by atoms with E-state index in [0.717, 1.165) is 0 Å². The van der Waals surface area contributed by atoms with Crippen molar-refractivity contribution in [2.45, 2.75) is 17.8 Å². The molecule has 0 unspecified atom stereocenters. The quantitative estimate of drug-likeness (QED) is 0.358. The van der Waals surface area contributed by atoms with E-state index in [2.05, 4.69) is 0 Å². The molecule has 1 aliphatic rings. The fraction of sp³-hybridized carbons (Fsp3) is 0.800. The van der Waals surface area contributed by atoms with Crippen LogP contribution in [0, 0.1) is 5.92 Å². The first-order valence-electron chi connectivity index (χ1n) is 3.17. The predicted octanol–water partition coefficient (Wildman–Crippen LogP) is -4.28. The average Bonchev–Trinajstić information content (AvgIpc) is 1.77. The van der Waals surface area contributed by atoms with Gasteiger partial charge in [-0.05, 0) is 0 Å². The molecule has 8 heteroatoms. The summed E-state index contributed by atoms with van der Waals surface area (Å²) in [5.74, 6) is -2.11. The van der Waals surface area contributed by atoms with Crippen molar-refractivity contribution in [3.8, 4) is 0 Å². The van der Waals surface area contributed by atoms with E-state index in [4.69, 9.17) is 10.2 Å². The van der Waals surface area contributed by atoms with Gasteiger partial charge in [-0.3, -0.25) is 4.79 Å². The number of hydrogen-bond acceptors (Lipinski definition) is 5. The van der Waals surface area contributed by atoms with Crippen molar-refractivity contribution in [1.82, 2.24) is 0 Å². The fourth-order valence-electron chi connectivity index (χ4n) is 1.09. The van der Waals surface area contributed by atoms with Crippen LogP contribution in [0.3, 0.4) is 0 Å². The first-order chi connectivity index (χ1) is 5.26. The Hall–Kier alpha value is 0.340. The Labute approximate surface area is 97.0 Å². The standard InChI is InChI=1S/C5H8O6S.Na/c6-4(7)3-1-5(8,2-3)12(9,10)11;/h3,8H,1-2H2,(H,6,7)(H,9,10,11);/q;+1/p-1. The molecule has 1 saturated carbocycles. The monoisotopic (exact) mass is 218 g/mol. The maximum absolute atomic E-state index is 10.3. The first-order valence-corrected chi connectivity index (χ1v) is 4.58. The third kappa shape index (κ3) is 2.42. The van der Waals surface area contributed by atoms with E-state index in [1.54, 1.807) is 0 Å². The largest absolute Gasteiger partial charge is 1.00 e. The summed E-state index contributed by atoms with van der Waals surface area (Å²) in [5, 5.41) is 17.3. The van der Waals surface area contributed by atoms with Crippen molar-refractivity contribution < 1.29 is 57.5 Å². The van der Waals surface area contributed by atoms with Crippen molar-refractivity contribution in [2.24, 2.45) is 5.92 Å². The zero-order valence-corrected chi connectivity index (χ0v) is 9.74. The van der Waals surface area contributed by atoms with E-state index in [9.17, 15) is 17.8 Å². The fourth-order valence-corrected chi connectivity index (χ4v) is 1.90. The van der Waals surface area contributed by atoms with E-state index >= 15 is 0 Å². The van der Waals surface area contributed by atoms with Crippen LogP contribution in [0.1, 0.15) is 12.8 Å². The molecular formula is C5H7NaO6S. The summed E-state index contributed by atoms with van der Waals surface area (Å²) in [4.78, 5) is 7.84. The van der Waals surface area contributed by atoms with Crippen LogP contribution in [0.25, 0.3) is 0 Å². The van der Waals surface area contributed by atoms with Gasteiger partial charge in [0.05, 0.1) is 5.92 Å². The number of carbonyl (C=O) groups is 1. The average molecular weight is 218 g/mol. The minimum absolute atomic E-state index is 0. The third-order valence-corrected chi connectivity index (χ3v) is 3.21. The third-order valence-electron chi connectivity index (χ3n) is 1.95. The van der Waals surface area contributed by atoms with E-state index in [-0.39, 0.29) is 29.6 Å². The molecule has 0 bridgehead atoms. The normalized spacial score (nSPS) is 32.9. The molecule has 0 aromatic carbocycles. The van der Waals surface area contributed by atoms with Gasteiger partial charge < -0.3 is 14.8 Å². The second kappa shape index (κ2) is 3.84. The maximum atomic E-state index is 10.3. The van der Waals surface area contributed by atoms with Gasteiger partial charge in [0.1, 0.15) is 10.1 Å².